The van der Waals surface area contributed by atoms with Crippen LogP contribution in [0.2, 0.25) is 15.1 Å². The Morgan fingerprint density at radius 1 is 1.07 bits per heavy atom. The molecule has 0 radical (unpaired) electrons. The van der Waals surface area contributed by atoms with Gasteiger partial charge in [-0.25, -0.2) is 4.39 Å². The SMILES string of the molecule is C=C(C)c1ccc(/C(F)=C/C(c2cc(Cl)c(Cl)c(Cl)c2)C(F)(F)F)cc1C. The first-order valence-electron chi connectivity index (χ1n) is 7.77. The molecule has 2 rings (SSSR count). The minimum absolute atomic E-state index is 0.0397. The van der Waals surface area contributed by atoms with E-state index in [-0.39, 0.29) is 26.2 Å². The Morgan fingerprint density at radius 2 is 1.63 bits per heavy atom. The molecule has 0 nitrogen and oxygen atoms in total. The van der Waals surface area contributed by atoms with Gasteiger partial charge in [-0.15, -0.1) is 0 Å². The van der Waals surface area contributed by atoms with Crippen LogP contribution in [0.3, 0.4) is 0 Å². The van der Waals surface area contributed by atoms with Crippen molar-refractivity contribution in [1.82, 2.24) is 0 Å². The van der Waals surface area contributed by atoms with Gasteiger partial charge in [0, 0.05) is 5.56 Å². The summed E-state index contributed by atoms with van der Waals surface area (Å²) in [5.41, 5.74) is 2.05. The molecule has 0 aliphatic rings. The lowest BCUT2D eigenvalue weighted by Crippen LogP contribution is -2.19. The van der Waals surface area contributed by atoms with Crippen molar-refractivity contribution in [3.63, 3.8) is 0 Å². The average Bonchev–Trinajstić information content (AvgIpc) is 2.55. The second-order valence-corrected chi connectivity index (χ2v) is 7.33. The first-order chi connectivity index (χ1) is 12.4. The van der Waals surface area contributed by atoms with Crippen molar-refractivity contribution >= 4 is 46.2 Å². The van der Waals surface area contributed by atoms with Crippen LogP contribution in [-0.4, -0.2) is 6.18 Å². The number of halogens is 7. The minimum atomic E-state index is -4.75. The fourth-order valence-corrected chi connectivity index (χ4v) is 3.28. The highest BCUT2D eigenvalue weighted by Gasteiger charge is 2.40. The fraction of sp³-hybridized carbons (Fsp3) is 0.200. The summed E-state index contributed by atoms with van der Waals surface area (Å²) in [4.78, 5) is 0. The monoisotopic (exact) mass is 436 g/mol. The summed E-state index contributed by atoms with van der Waals surface area (Å²) in [6, 6.07) is 6.59. The van der Waals surface area contributed by atoms with Crippen LogP contribution in [0.5, 0.6) is 0 Å². The molecule has 0 saturated carbocycles. The van der Waals surface area contributed by atoms with E-state index >= 15 is 0 Å². The molecule has 0 N–H and O–H groups in total. The molecule has 0 heterocycles. The number of allylic oxidation sites excluding steroid dienone is 2. The van der Waals surface area contributed by atoms with Crippen molar-refractivity contribution in [2.75, 3.05) is 0 Å². The molecule has 1 atom stereocenters. The third-order valence-corrected chi connectivity index (χ3v) is 5.19. The van der Waals surface area contributed by atoms with Gasteiger partial charge in [0.25, 0.3) is 0 Å². The minimum Gasteiger partial charge on any atom is -0.207 e. The molecule has 144 valence electrons. The molecule has 1 unspecified atom stereocenters. The maximum absolute atomic E-state index is 14.6. The Balaban J connectivity index is 2.53. The van der Waals surface area contributed by atoms with Crippen molar-refractivity contribution in [3.8, 4) is 0 Å². The van der Waals surface area contributed by atoms with E-state index in [4.69, 9.17) is 34.8 Å². The number of aryl methyl sites for hydroxylation is 1. The fourth-order valence-electron chi connectivity index (χ4n) is 2.67. The van der Waals surface area contributed by atoms with E-state index in [9.17, 15) is 17.6 Å². The Morgan fingerprint density at radius 3 is 2.07 bits per heavy atom. The highest BCUT2D eigenvalue weighted by Crippen LogP contribution is 2.42. The van der Waals surface area contributed by atoms with E-state index in [1.165, 1.54) is 12.1 Å². The van der Waals surface area contributed by atoms with E-state index < -0.39 is 17.9 Å². The van der Waals surface area contributed by atoms with Crippen LogP contribution in [0, 0.1) is 6.92 Å². The van der Waals surface area contributed by atoms with Gasteiger partial charge in [0.05, 0.1) is 15.1 Å². The zero-order valence-electron chi connectivity index (χ0n) is 14.4. The molecule has 0 spiro atoms. The molecule has 0 saturated heterocycles. The van der Waals surface area contributed by atoms with Crippen LogP contribution < -0.4 is 0 Å². The second kappa shape index (κ2) is 8.26. The molecule has 0 fully saturated rings. The summed E-state index contributed by atoms with van der Waals surface area (Å²) in [5.74, 6) is -3.23. The quantitative estimate of drug-likeness (QED) is 0.331. The Bertz CT molecular complexity index is 891. The van der Waals surface area contributed by atoms with Crippen molar-refractivity contribution in [2.45, 2.75) is 25.9 Å². The van der Waals surface area contributed by atoms with Gasteiger partial charge in [-0.2, -0.15) is 13.2 Å². The van der Waals surface area contributed by atoms with Crippen molar-refractivity contribution in [3.05, 3.63) is 80.3 Å². The van der Waals surface area contributed by atoms with Gasteiger partial charge in [0.2, 0.25) is 0 Å². The molecule has 2 aromatic carbocycles. The third kappa shape index (κ3) is 5.07. The zero-order valence-corrected chi connectivity index (χ0v) is 16.7. The lowest BCUT2D eigenvalue weighted by molar-refractivity contribution is -0.139. The molecular weight excluding hydrogens is 423 g/mol. The van der Waals surface area contributed by atoms with Crippen molar-refractivity contribution in [1.29, 1.82) is 0 Å². The maximum Gasteiger partial charge on any atom is 0.399 e. The smallest absolute Gasteiger partial charge is 0.207 e. The Hall–Kier alpha value is -1.49. The molecular formula is C20H15Cl3F4. The Kier molecular flexibility index (Phi) is 6.67. The Labute approximate surface area is 170 Å². The molecule has 2 aromatic rings. The van der Waals surface area contributed by atoms with Gasteiger partial charge in [0.15, 0.2) is 0 Å². The summed E-state index contributed by atoms with van der Waals surface area (Å²) in [7, 11) is 0. The van der Waals surface area contributed by atoms with Crippen LogP contribution in [0.1, 0.15) is 35.1 Å². The van der Waals surface area contributed by atoms with E-state index in [0.29, 0.717) is 11.6 Å². The molecule has 0 bridgehead atoms. The largest absolute Gasteiger partial charge is 0.399 e. The predicted octanol–water partition coefficient (Wildman–Crippen LogP) is 8.64. The van der Waals surface area contributed by atoms with Gasteiger partial charge >= 0.3 is 6.18 Å². The number of hydrogen-bond acceptors (Lipinski definition) is 0. The number of benzene rings is 2. The lowest BCUT2D eigenvalue weighted by Gasteiger charge is -2.19. The summed E-state index contributed by atoms with van der Waals surface area (Å²) < 4.78 is 55.3. The molecule has 7 heteroatoms. The first kappa shape index (κ1) is 21.8. The molecule has 0 aromatic heterocycles. The number of rotatable bonds is 4. The zero-order chi connectivity index (χ0) is 20.5. The summed E-state index contributed by atoms with van der Waals surface area (Å²) in [6.45, 7) is 7.34. The van der Waals surface area contributed by atoms with Crippen molar-refractivity contribution in [2.24, 2.45) is 0 Å². The summed E-state index contributed by atoms with van der Waals surface area (Å²) >= 11 is 17.4. The van der Waals surface area contributed by atoms with E-state index in [0.717, 1.165) is 23.3 Å². The van der Waals surface area contributed by atoms with Gasteiger partial charge in [-0.3, -0.25) is 0 Å². The van der Waals surface area contributed by atoms with Crippen LogP contribution in [0.4, 0.5) is 17.6 Å². The van der Waals surface area contributed by atoms with Gasteiger partial charge in [0.1, 0.15) is 11.7 Å². The van der Waals surface area contributed by atoms with Crippen LogP contribution in [0.15, 0.2) is 43.0 Å². The highest BCUT2D eigenvalue weighted by molar-refractivity contribution is 6.48. The average molecular weight is 438 g/mol. The third-order valence-electron chi connectivity index (χ3n) is 3.99. The standard InChI is InChI=1S/C20H15Cl3F4/c1-10(2)14-5-4-12(6-11(14)3)18(24)9-15(20(25,26)27)13-7-16(21)19(23)17(22)8-13/h4-9,15H,1H2,2-3H3/b18-9-. The lowest BCUT2D eigenvalue weighted by atomic mass is 9.95. The molecule has 0 aliphatic carbocycles. The molecule has 0 aliphatic heterocycles. The second-order valence-electron chi connectivity index (χ2n) is 6.14. The maximum atomic E-state index is 14.6. The van der Waals surface area contributed by atoms with Crippen LogP contribution >= 0.6 is 34.8 Å². The van der Waals surface area contributed by atoms with Crippen molar-refractivity contribution < 1.29 is 17.6 Å². The van der Waals surface area contributed by atoms with E-state index in [2.05, 4.69) is 6.58 Å². The number of alkyl halides is 3. The van der Waals surface area contributed by atoms with Gasteiger partial charge in [-0.1, -0.05) is 59.1 Å². The van der Waals surface area contributed by atoms with E-state index in [1.54, 1.807) is 19.9 Å². The van der Waals surface area contributed by atoms with Crippen LogP contribution in [0.25, 0.3) is 11.4 Å². The van der Waals surface area contributed by atoms with Gasteiger partial charge in [-0.05, 0) is 54.8 Å². The predicted molar refractivity (Wildman–Crippen MR) is 105 cm³/mol. The highest BCUT2D eigenvalue weighted by atomic mass is 35.5. The first-order valence-corrected chi connectivity index (χ1v) is 8.90. The topological polar surface area (TPSA) is 0 Å². The van der Waals surface area contributed by atoms with Gasteiger partial charge < -0.3 is 0 Å². The molecule has 27 heavy (non-hydrogen) atoms. The number of hydrogen-bond donors (Lipinski definition) is 0. The summed E-state index contributed by atoms with van der Waals surface area (Å²) in [6.07, 6.45) is -4.24. The van der Waals surface area contributed by atoms with Crippen LogP contribution in [-0.2, 0) is 0 Å². The summed E-state index contributed by atoms with van der Waals surface area (Å²) in [5, 5.41) is -0.328. The normalized spacial score (nSPS) is 13.6. The van der Waals surface area contributed by atoms with E-state index in [1.807, 2.05) is 0 Å². The molecule has 0 amide bonds.